The van der Waals surface area contributed by atoms with Crippen LogP contribution in [0.4, 0.5) is 9.52 Å². The van der Waals surface area contributed by atoms with Gasteiger partial charge in [0.25, 0.3) is 0 Å². The fourth-order valence-electron chi connectivity index (χ4n) is 1.57. The summed E-state index contributed by atoms with van der Waals surface area (Å²) >= 11 is 7.13. The number of nitrogens with zero attached hydrogens (tertiary/aromatic N) is 1. The highest BCUT2D eigenvalue weighted by Gasteiger charge is 2.13. The van der Waals surface area contributed by atoms with Crippen molar-refractivity contribution in [3.8, 4) is 0 Å². The van der Waals surface area contributed by atoms with Gasteiger partial charge in [0.2, 0.25) is 0 Å². The summed E-state index contributed by atoms with van der Waals surface area (Å²) < 4.78 is 13.5. The first kappa shape index (κ1) is 13.0. The van der Waals surface area contributed by atoms with Crippen LogP contribution in [-0.2, 0) is 17.6 Å². The first-order valence-electron chi connectivity index (χ1n) is 5.20. The standard InChI is InChI=1S/C12H10ClFN2OS/c13-10-2-1-3-11(14)9(10)5-8(17)4-7-6-18-12(15)16-7/h1-3,6H,4-5H2,(H2,15,16). The molecular weight excluding hydrogens is 275 g/mol. The molecule has 2 aromatic rings. The lowest BCUT2D eigenvalue weighted by molar-refractivity contribution is -0.117. The minimum absolute atomic E-state index is 0.0388. The molecule has 2 N–H and O–H groups in total. The van der Waals surface area contributed by atoms with Crippen molar-refractivity contribution in [2.45, 2.75) is 12.8 Å². The summed E-state index contributed by atoms with van der Waals surface area (Å²) in [6.07, 6.45) is 0.0985. The minimum atomic E-state index is -0.464. The highest BCUT2D eigenvalue weighted by molar-refractivity contribution is 7.13. The zero-order chi connectivity index (χ0) is 13.1. The van der Waals surface area contributed by atoms with Crippen LogP contribution in [0.25, 0.3) is 0 Å². The van der Waals surface area contributed by atoms with Gasteiger partial charge in [-0.2, -0.15) is 0 Å². The molecule has 0 saturated carbocycles. The molecular formula is C12H10ClFN2OS. The van der Waals surface area contributed by atoms with Gasteiger partial charge in [-0.25, -0.2) is 9.37 Å². The summed E-state index contributed by atoms with van der Waals surface area (Å²) in [6, 6.07) is 4.36. The van der Waals surface area contributed by atoms with Crippen molar-refractivity contribution in [3.63, 3.8) is 0 Å². The smallest absolute Gasteiger partial charge is 0.180 e. The Balaban J connectivity index is 2.08. The molecule has 1 aromatic carbocycles. The summed E-state index contributed by atoms with van der Waals surface area (Å²) in [5.74, 6) is -0.610. The molecule has 6 heteroatoms. The van der Waals surface area contributed by atoms with Gasteiger partial charge in [0.15, 0.2) is 5.13 Å². The third kappa shape index (κ3) is 3.05. The van der Waals surface area contributed by atoms with E-state index in [0.29, 0.717) is 10.8 Å². The lowest BCUT2D eigenvalue weighted by atomic mass is 10.1. The molecule has 2 rings (SSSR count). The number of rotatable bonds is 4. The number of carbonyl (C=O) groups is 1. The predicted molar refractivity (Wildman–Crippen MR) is 70.4 cm³/mol. The number of hydrogen-bond donors (Lipinski definition) is 1. The Morgan fingerprint density at radius 2 is 2.22 bits per heavy atom. The molecule has 94 valence electrons. The molecule has 0 aliphatic rings. The second-order valence-electron chi connectivity index (χ2n) is 3.77. The summed E-state index contributed by atoms with van der Waals surface area (Å²) in [7, 11) is 0. The third-order valence-electron chi connectivity index (χ3n) is 2.38. The maximum absolute atomic E-state index is 13.5. The number of thiazole rings is 1. The van der Waals surface area contributed by atoms with E-state index in [1.54, 1.807) is 11.4 Å². The second-order valence-corrected chi connectivity index (χ2v) is 5.07. The van der Waals surface area contributed by atoms with Crippen LogP contribution in [0.5, 0.6) is 0 Å². The largest absolute Gasteiger partial charge is 0.375 e. The monoisotopic (exact) mass is 284 g/mol. The van der Waals surface area contributed by atoms with E-state index in [9.17, 15) is 9.18 Å². The van der Waals surface area contributed by atoms with Gasteiger partial charge >= 0.3 is 0 Å². The number of carbonyl (C=O) groups excluding carboxylic acids is 1. The van der Waals surface area contributed by atoms with Gasteiger partial charge in [0, 0.05) is 28.8 Å². The molecule has 0 spiro atoms. The molecule has 0 aliphatic carbocycles. The van der Waals surface area contributed by atoms with Crippen molar-refractivity contribution in [1.82, 2.24) is 4.98 Å². The van der Waals surface area contributed by atoms with Crippen molar-refractivity contribution in [3.05, 3.63) is 45.7 Å². The number of halogens is 2. The van der Waals surface area contributed by atoms with Crippen molar-refractivity contribution < 1.29 is 9.18 Å². The van der Waals surface area contributed by atoms with E-state index in [1.807, 2.05) is 0 Å². The van der Waals surface area contributed by atoms with Gasteiger partial charge in [-0.15, -0.1) is 11.3 Å². The Kier molecular flexibility index (Phi) is 3.93. The zero-order valence-corrected chi connectivity index (χ0v) is 10.9. The number of ketones is 1. The van der Waals surface area contributed by atoms with E-state index in [-0.39, 0.29) is 29.2 Å². The van der Waals surface area contributed by atoms with Gasteiger partial charge in [-0.1, -0.05) is 17.7 Å². The number of aromatic nitrogens is 1. The number of Topliss-reactive ketones (excluding diaryl/α,β-unsaturated/α-hetero) is 1. The number of hydrogen-bond acceptors (Lipinski definition) is 4. The number of nitrogen functional groups attached to an aromatic ring is 1. The molecule has 18 heavy (non-hydrogen) atoms. The molecule has 0 saturated heterocycles. The van der Waals surface area contributed by atoms with Crippen LogP contribution in [0.1, 0.15) is 11.3 Å². The average molecular weight is 285 g/mol. The van der Waals surface area contributed by atoms with Crippen LogP contribution < -0.4 is 5.73 Å². The van der Waals surface area contributed by atoms with Crippen LogP contribution >= 0.6 is 22.9 Å². The molecule has 0 unspecified atom stereocenters. The Bertz CT molecular complexity index is 565. The normalized spacial score (nSPS) is 10.6. The van der Waals surface area contributed by atoms with Crippen LogP contribution in [0.15, 0.2) is 23.6 Å². The quantitative estimate of drug-likeness (QED) is 0.939. The summed E-state index contributed by atoms with van der Waals surface area (Å²) in [6.45, 7) is 0. The molecule has 0 bridgehead atoms. The molecule has 0 amide bonds. The van der Waals surface area contributed by atoms with Crippen LogP contribution in [-0.4, -0.2) is 10.8 Å². The molecule has 0 radical (unpaired) electrons. The Morgan fingerprint density at radius 3 is 2.83 bits per heavy atom. The molecule has 0 fully saturated rings. The second kappa shape index (κ2) is 5.46. The van der Waals surface area contributed by atoms with Crippen LogP contribution in [0.3, 0.4) is 0 Å². The van der Waals surface area contributed by atoms with E-state index < -0.39 is 5.82 Å². The van der Waals surface area contributed by atoms with Gasteiger partial charge in [0.1, 0.15) is 11.6 Å². The molecule has 0 aliphatic heterocycles. The Labute approximate surface area is 112 Å². The van der Waals surface area contributed by atoms with Crippen LogP contribution in [0.2, 0.25) is 5.02 Å². The van der Waals surface area contributed by atoms with Gasteiger partial charge in [-0.3, -0.25) is 4.79 Å². The highest BCUT2D eigenvalue weighted by atomic mass is 35.5. The molecule has 1 heterocycles. The fraction of sp³-hybridized carbons (Fsp3) is 0.167. The fourth-order valence-corrected chi connectivity index (χ4v) is 2.36. The first-order chi connectivity index (χ1) is 8.56. The Morgan fingerprint density at radius 1 is 1.44 bits per heavy atom. The minimum Gasteiger partial charge on any atom is -0.375 e. The Hall–Kier alpha value is -1.46. The maximum Gasteiger partial charge on any atom is 0.180 e. The topological polar surface area (TPSA) is 56.0 Å². The van der Waals surface area contributed by atoms with Crippen molar-refractivity contribution in [2.75, 3.05) is 5.73 Å². The molecule has 3 nitrogen and oxygen atoms in total. The predicted octanol–water partition coefficient (Wildman–Crippen LogP) is 2.87. The van der Waals surface area contributed by atoms with Crippen LogP contribution in [0, 0.1) is 5.82 Å². The summed E-state index contributed by atoms with van der Waals surface area (Å²) in [5.41, 5.74) is 6.31. The highest BCUT2D eigenvalue weighted by Crippen LogP contribution is 2.20. The maximum atomic E-state index is 13.5. The zero-order valence-electron chi connectivity index (χ0n) is 9.32. The van der Waals surface area contributed by atoms with Gasteiger partial charge < -0.3 is 5.73 Å². The summed E-state index contributed by atoms with van der Waals surface area (Å²) in [4.78, 5) is 15.8. The number of nitrogens with two attached hydrogens (primary N) is 1. The van der Waals surface area contributed by atoms with Crippen molar-refractivity contribution in [2.24, 2.45) is 0 Å². The lowest BCUT2D eigenvalue weighted by Gasteiger charge is -2.04. The van der Waals surface area contributed by atoms with Crippen molar-refractivity contribution >= 4 is 33.9 Å². The third-order valence-corrected chi connectivity index (χ3v) is 3.46. The van der Waals surface area contributed by atoms with Gasteiger partial charge in [0.05, 0.1) is 5.69 Å². The van der Waals surface area contributed by atoms with Gasteiger partial charge in [-0.05, 0) is 12.1 Å². The van der Waals surface area contributed by atoms with E-state index in [1.165, 1.54) is 23.5 Å². The average Bonchev–Trinajstić information content (AvgIpc) is 2.69. The van der Waals surface area contributed by atoms with E-state index >= 15 is 0 Å². The SMILES string of the molecule is Nc1nc(CC(=O)Cc2c(F)cccc2Cl)cs1. The van der Waals surface area contributed by atoms with Crippen molar-refractivity contribution in [1.29, 1.82) is 0 Å². The number of benzene rings is 1. The van der Waals surface area contributed by atoms with E-state index in [4.69, 9.17) is 17.3 Å². The molecule has 1 aromatic heterocycles. The molecule has 0 atom stereocenters. The number of anilines is 1. The van der Waals surface area contributed by atoms with E-state index in [0.717, 1.165) is 0 Å². The summed E-state index contributed by atoms with van der Waals surface area (Å²) in [5, 5.41) is 2.40. The lowest BCUT2D eigenvalue weighted by Crippen LogP contribution is -2.08. The first-order valence-corrected chi connectivity index (χ1v) is 6.46. The van der Waals surface area contributed by atoms with E-state index in [2.05, 4.69) is 4.98 Å².